The molecule has 0 fully saturated rings. The Morgan fingerprint density at radius 2 is 1.78 bits per heavy atom. The van der Waals surface area contributed by atoms with Crippen molar-refractivity contribution < 1.29 is 14.3 Å². The first kappa shape index (κ1) is 22.1. The molecule has 1 N–H and O–H groups in total. The van der Waals surface area contributed by atoms with Crippen molar-refractivity contribution in [3.05, 3.63) is 99.3 Å². The summed E-state index contributed by atoms with van der Waals surface area (Å²) >= 11 is 0. The Hall–Kier alpha value is -4.39. The summed E-state index contributed by atoms with van der Waals surface area (Å²) < 4.78 is 7.20. The van der Waals surface area contributed by atoms with Gasteiger partial charge in [-0.3, -0.25) is 14.4 Å². The molecule has 2 aliphatic heterocycles. The summed E-state index contributed by atoms with van der Waals surface area (Å²) in [5.74, 6) is 0.128. The van der Waals surface area contributed by atoms with E-state index in [0.29, 0.717) is 28.9 Å². The second-order valence-corrected chi connectivity index (χ2v) is 9.22. The van der Waals surface area contributed by atoms with Crippen molar-refractivity contribution in [3.63, 3.8) is 0 Å². The van der Waals surface area contributed by atoms with Gasteiger partial charge >= 0.3 is 0 Å². The monoisotopic (exact) mass is 479 g/mol. The zero-order chi connectivity index (χ0) is 24.8. The molecule has 2 amide bonds. The van der Waals surface area contributed by atoms with Crippen molar-refractivity contribution in [1.82, 2.24) is 4.57 Å². The Kier molecular flexibility index (Phi) is 5.33. The Balaban J connectivity index is 1.29. The summed E-state index contributed by atoms with van der Waals surface area (Å²) in [6.07, 6.45) is 4.32. The molecule has 0 spiro atoms. The maximum absolute atomic E-state index is 13.2. The van der Waals surface area contributed by atoms with Crippen LogP contribution in [0.2, 0.25) is 0 Å². The van der Waals surface area contributed by atoms with Crippen LogP contribution in [0.4, 0.5) is 11.4 Å². The number of para-hydroxylation sites is 1. The molecule has 0 saturated carbocycles. The fraction of sp³-hybridized carbons (Fsp3) is 0.207. The molecule has 36 heavy (non-hydrogen) atoms. The van der Waals surface area contributed by atoms with Crippen molar-refractivity contribution >= 4 is 34.1 Å². The van der Waals surface area contributed by atoms with Gasteiger partial charge in [-0.2, -0.15) is 0 Å². The topological polar surface area (TPSA) is 80.6 Å². The lowest BCUT2D eigenvalue weighted by molar-refractivity contribution is 0.0988. The van der Waals surface area contributed by atoms with Crippen LogP contribution in [0.1, 0.15) is 38.3 Å². The molecule has 0 atom stereocenters. The summed E-state index contributed by atoms with van der Waals surface area (Å²) in [5.41, 5.74) is 4.84. The third kappa shape index (κ3) is 3.64. The van der Waals surface area contributed by atoms with Crippen molar-refractivity contribution in [1.29, 1.82) is 0 Å². The molecule has 7 nitrogen and oxygen atoms in total. The van der Waals surface area contributed by atoms with Crippen LogP contribution in [0.3, 0.4) is 0 Å². The van der Waals surface area contributed by atoms with E-state index in [4.69, 9.17) is 4.74 Å². The number of anilines is 2. The highest BCUT2D eigenvalue weighted by Crippen LogP contribution is 2.32. The molecule has 4 aromatic rings. The van der Waals surface area contributed by atoms with Gasteiger partial charge < -0.3 is 19.5 Å². The highest BCUT2D eigenvalue weighted by molar-refractivity contribution is 6.09. The second kappa shape index (κ2) is 8.68. The lowest BCUT2D eigenvalue weighted by Gasteiger charge is -2.21. The van der Waals surface area contributed by atoms with E-state index < -0.39 is 5.91 Å². The number of pyridine rings is 1. The number of amides is 2. The number of hydrogen-bond donors (Lipinski definition) is 1. The first-order valence-electron chi connectivity index (χ1n) is 12.1. The largest absolute Gasteiger partial charge is 0.497 e. The quantitative estimate of drug-likeness (QED) is 0.470. The van der Waals surface area contributed by atoms with E-state index >= 15 is 0 Å². The van der Waals surface area contributed by atoms with Gasteiger partial charge in [0.25, 0.3) is 11.8 Å². The highest BCUT2D eigenvalue weighted by Gasteiger charge is 2.26. The smallest absolute Gasteiger partial charge is 0.261 e. The van der Waals surface area contributed by atoms with Crippen LogP contribution in [-0.2, 0) is 19.4 Å². The lowest BCUT2D eigenvalue weighted by atomic mass is 9.99. The number of fused-ring (bicyclic) bond motifs is 1. The molecule has 180 valence electrons. The second-order valence-electron chi connectivity index (χ2n) is 9.22. The minimum absolute atomic E-state index is 0.109. The van der Waals surface area contributed by atoms with Crippen molar-refractivity contribution in [2.24, 2.45) is 0 Å². The van der Waals surface area contributed by atoms with Crippen LogP contribution in [0, 0.1) is 0 Å². The lowest BCUT2D eigenvalue weighted by Crippen LogP contribution is -2.29. The molecule has 1 aromatic heterocycles. The number of nitrogens with one attached hydrogen (secondary N) is 1. The number of ether oxygens (including phenoxy) is 1. The normalized spacial score (nSPS) is 14.0. The summed E-state index contributed by atoms with van der Waals surface area (Å²) in [6.45, 7) is 1.34. The first-order valence-corrected chi connectivity index (χ1v) is 12.1. The molecule has 7 heteroatoms. The predicted molar refractivity (Wildman–Crippen MR) is 139 cm³/mol. The van der Waals surface area contributed by atoms with Crippen LogP contribution < -0.4 is 20.4 Å². The van der Waals surface area contributed by atoms with E-state index in [9.17, 15) is 14.4 Å². The van der Waals surface area contributed by atoms with Crippen LogP contribution in [0.15, 0.2) is 71.7 Å². The molecule has 6 rings (SSSR count). The van der Waals surface area contributed by atoms with Crippen molar-refractivity contribution in [2.75, 3.05) is 23.9 Å². The van der Waals surface area contributed by atoms with Crippen molar-refractivity contribution in [2.45, 2.75) is 25.8 Å². The molecule has 0 bridgehead atoms. The van der Waals surface area contributed by atoms with Gasteiger partial charge in [0.2, 0.25) is 5.43 Å². The Morgan fingerprint density at radius 3 is 2.58 bits per heavy atom. The van der Waals surface area contributed by atoms with E-state index in [-0.39, 0.29) is 16.9 Å². The average molecular weight is 480 g/mol. The van der Waals surface area contributed by atoms with E-state index in [1.54, 1.807) is 48.5 Å². The third-order valence-electron chi connectivity index (χ3n) is 7.09. The molecular formula is C29H25N3O4. The summed E-state index contributed by atoms with van der Waals surface area (Å²) in [4.78, 5) is 41.3. The molecule has 2 aliphatic rings. The summed E-state index contributed by atoms with van der Waals surface area (Å²) in [7, 11) is 1.59. The molecule has 0 unspecified atom stereocenters. The van der Waals surface area contributed by atoms with E-state index in [0.717, 1.165) is 48.1 Å². The van der Waals surface area contributed by atoms with Crippen LogP contribution >= 0.6 is 0 Å². The van der Waals surface area contributed by atoms with Crippen LogP contribution in [-0.4, -0.2) is 30.0 Å². The maximum atomic E-state index is 13.2. The van der Waals surface area contributed by atoms with Crippen molar-refractivity contribution in [3.8, 4) is 5.75 Å². The van der Waals surface area contributed by atoms with Crippen LogP contribution in [0.5, 0.6) is 5.75 Å². The number of carbonyl (C=O) groups excluding carboxylic acids is 2. The van der Waals surface area contributed by atoms with E-state index in [2.05, 4.69) is 5.32 Å². The molecular weight excluding hydrogens is 454 g/mol. The fourth-order valence-corrected chi connectivity index (χ4v) is 5.27. The number of aryl methyl sites for hydroxylation is 2. The molecule has 0 aliphatic carbocycles. The Bertz CT molecular complexity index is 1590. The minimum atomic E-state index is -0.451. The van der Waals surface area contributed by atoms with Gasteiger partial charge in [0.05, 0.1) is 12.6 Å². The molecule has 0 radical (unpaired) electrons. The van der Waals surface area contributed by atoms with E-state index in [1.807, 2.05) is 34.9 Å². The summed E-state index contributed by atoms with van der Waals surface area (Å²) in [5, 5.41) is 3.46. The Labute approximate surface area is 207 Å². The number of aromatic nitrogens is 1. The standard InChI is InChI=1S/C29H25N3O4/c1-36-22-11-8-20(9-12-22)29(35)32-15-13-18-7-10-21(16-25(18)32)30-28(34)24-17-31-14-3-5-19-4-2-6-23(26(19)31)27(24)33/h2,4,6-12,16-17H,3,5,13-15H2,1H3,(H,30,34). The van der Waals surface area contributed by atoms with Gasteiger partial charge in [0.15, 0.2) is 0 Å². The third-order valence-corrected chi connectivity index (χ3v) is 7.09. The van der Waals surface area contributed by atoms with E-state index in [1.165, 1.54) is 0 Å². The zero-order valence-electron chi connectivity index (χ0n) is 19.9. The number of methoxy groups -OCH3 is 1. The van der Waals surface area contributed by atoms with Gasteiger partial charge in [-0.05, 0) is 72.9 Å². The summed E-state index contributed by atoms with van der Waals surface area (Å²) in [6, 6.07) is 18.3. The fourth-order valence-electron chi connectivity index (χ4n) is 5.27. The van der Waals surface area contributed by atoms with Crippen LogP contribution in [0.25, 0.3) is 10.9 Å². The molecule has 3 aromatic carbocycles. The van der Waals surface area contributed by atoms with Gasteiger partial charge in [-0.1, -0.05) is 18.2 Å². The van der Waals surface area contributed by atoms with Gasteiger partial charge in [-0.15, -0.1) is 0 Å². The Morgan fingerprint density at radius 1 is 0.944 bits per heavy atom. The maximum Gasteiger partial charge on any atom is 0.261 e. The number of carbonyl (C=O) groups is 2. The van der Waals surface area contributed by atoms with Gasteiger partial charge in [0, 0.05) is 41.6 Å². The average Bonchev–Trinajstić information content (AvgIpc) is 3.33. The van der Waals surface area contributed by atoms with Gasteiger partial charge in [0.1, 0.15) is 11.3 Å². The molecule has 3 heterocycles. The predicted octanol–water partition coefficient (Wildman–Crippen LogP) is 4.41. The number of rotatable bonds is 4. The SMILES string of the molecule is COc1ccc(C(=O)N2CCc3ccc(NC(=O)c4cn5c6c(cccc6c4=O)CCC5)cc32)cc1. The zero-order valence-corrected chi connectivity index (χ0v) is 19.9. The number of benzene rings is 3. The highest BCUT2D eigenvalue weighted by atomic mass is 16.5. The number of nitrogens with zero attached hydrogens (tertiary/aromatic N) is 2. The molecule has 0 saturated heterocycles. The van der Waals surface area contributed by atoms with Gasteiger partial charge in [-0.25, -0.2) is 0 Å². The minimum Gasteiger partial charge on any atom is -0.497 e. The number of hydrogen-bond acceptors (Lipinski definition) is 4. The first-order chi connectivity index (χ1) is 17.5.